The van der Waals surface area contributed by atoms with Crippen molar-refractivity contribution in [1.82, 2.24) is 0 Å². The first-order valence-electron chi connectivity index (χ1n) is 7.14. The number of halogens is 1. The molecule has 7 nitrogen and oxygen atoms in total. The van der Waals surface area contributed by atoms with E-state index in [4.69, 9.17) is 10.5 Å². The Kier molecular flexibility index (Phi) is 5.81. The fourth-order valence-electron chi connectivity index (χ4n) is 2.05. The van der Waals surface area contributed by atoms with Crippen LogP contribution in [0.3, 0.4) is 0 Å². The van der Waals surface area contributed by atoms with E-state index in [0.29, 0.717) is 0 Å². The summed E-state index contributed by atoms with van der Waals surface area (Å²) < 4.78 is 32.6. The number of benzene rings is 2. The van der Waals surface area contributed by atoms with Crippen LogP contribution in [-0.2, 0) is 14.8 Å². The van der Waals surface area contributed by atoms with Crippen molar-refractivity contribution in [3.8, 4) is 0 Å². The molecule has 0 saturated carbocycles. The number of esters is 1. The van der Waals surface area contributed by atoms with Gasteiger partial charge in [-0.2, -0.15) is 0 Å². The number of hydrogen-bond acceptors (Lipinski definition) is 5. The van der Waals surface area contributed by atoms with Gasteiger partial charge in [-0.05, 0) is 53.2 Å². The van der Waals surface area contributed by atoms with Gasteiger partial charge in [0.25, 0.3) is 15.9 Å². The van der Waals surface area contributed by atoms with E-state index >= 15 is 0 Å². The van der Waals surface area contributed by atoms with Crippen LogP contribution in [0.4, 0.5) is 5.69 Å². The van der Waals surface area contributed by atoms with Crippen LogP contribution in [0.15, 0.2) is 51.8 Å². The highest BCUT2D eigenvalue weighted by Gasteiger charge is 2.21. The van der Waals surface area contributed by atoms with E-state index in [1.54, 1.807) is 19.1 Å². The number of carbonyl (C=O) groups excluding carboxylic acids is 2. The highest BCUT2D eigenvalue weighted by Crippen LogP contribution is 2.27. The van der Waals surface area contributed by atoms with E-state index in [-0.39, 0.29) is 32.8 Å². The van der Waals surface area contributed by atoms with Crippen LogP contribution in [0.25, 0.3) is 0 Å². The number of amides is 1. The minimum Gasteiger partial charge on any atom is -0.462 e. The largest absolute Gasteiger partial charge is 0.462 e. The summed E-state index contributed by atoms with van der Waals surface area (Å²) in [5.41, 5.74) is 5.58. The molecule has 2 aromatic carbocycles. The first-order valence-corrected chi connectivity index (χ1v) is 9.42. The molecule has 9 heteroatoms. The topological polar surface area (TPSA) is 116 Å². The summed E-state index contributed by atoms with van der Waals surface area (Å²) in [4.78, 5) is 23.0. The Morgan fingerprint density at radius 2 is 1.88 bits per heavy atom. The van der Waals surface area contributed by atoms with Crippen molar-refractivity contribution < 1.29 is 22.7 Å². The van der Waals surface area contributed by atoms with E-state index in [2.05, 4.69) is 20.7 Å². The predicted molar refractivity (Wildman–Crippen MR) is 95.9 cm³/mol. The molecule has 0 aromatic heterocycles. The number of para-hydroxylation sites is 1. The Bertz CT molecular complexity index is 928. The molecule has 0 heterocycles. The molecular formula is C16H15BrN2O5S. The molecule has 0 aliphatic heterocycles. The first kappa shape index (κ1) is 18.9. The fourth-order valence-corrected chi connectivity index (χ4v) is 4.21. The number of primary amides is 1. The summed E-state index contributed by atoms with van der Waals surface area (Å²) in [6.07, 6.45) is 0. The maximum atomic E-state index is 12.6. The summed E-state index contributed by atoms with van der Waals surface area (Å²) in [6, 6.07) is 9.96. The molecule has 132 valence electrons. The number of hydrogen-bond donors (Lipinski definition) is 2. The third kappa shape index (κ3) is 4.37. The van der Waals surface area contributed by atoms with Crippen LogP contribution in [0.2, 0.25) is 0 Å². The molecule has 2 aromatic rings. The summed E-state index contributed by atoms with van der Waals surface area (Å²) in [5.74, 6) is -1.31. The molecule has 0 spiro atoms. The van der Waals surface area contributed by atoms with E-state index in [1.807, 2.05) is 0 Å². The van der Waals surface area contributed by atoms with Crippen LogP contribution in [-0.4, -0.2) is 26.9 Å². The van der Waals surface area contributed by atoms with Crippen LogP contribution in [0.1, 0.15) is 27.6 Å². The molecule has 0 aliphatic carbocycles. The second kappa shape index (κ2) is 7.66. The van der Waals surface area contributed by atoms with Gasteiger partial charge in [0.15, 0.2) is 0 Å². The van der Waals surface area contributed by atoms with Crippen LogP contribution in [0.5, 0.6) is 0 Å². The average Bonchev–Trinajstić information content (AvgIpc) is 2.54. The smallest absolute Gasteiger partial charge is 0.338 e. The second-order valence-electron chi connectivity index (χ2n) is 4.88. The number of nitrogens with one attached hydrogen (secondary N) is 1. The normalized spacial score (nSPS) is 11.0. The molecule has 0 bridgehead atoms. The standard InChI is InChI=1S/C16H15BrN2O5S/c1-2-24-16(21)10-7-8-14(12(17)9-10)25(22,23)19-13-6-4-3-5-11(13)15(18)20/h3-9,19H,2H2,1H3,(H2,18,20). The molecule has 1 amide bonds. The molecule has 25 heavy (non-hydrogen) atoms. The third-order valence-electron chi connectivity index (χ3n) is 3.17. The maximum Gasteiger partial charge on any atom is 0.338 e. The van der Waals surface area contributed by atoms with Crippen molar-refractivity contribution in [2.24, 2.45) is 5.73 Å². The lowest BCUT2D eigenvalue weighted by Crippen LogP contribution is -2.19. The Hall–Kier alpha value is -2.39. The zero-order valence-corrected chi connectivity index (χ0v) is 15.6. The number of nitrogens with two attached hydrogens (primary N) is 1. The first-order chi connectivity index (χ1) is 11.8. The van der Waals surface area contributed by atoms with Crippen molar-refractivity contribution in [2.75, 3.05) is 11.3 Å². The molecule has 2 rings (SSSR count). The molecule has 0 aliphatic rings. The maximum absolute atomic E-state index is 12.6. The van der Waals surface area contributed by atoms with E-state index in [0.717, 1.165) is 0 Å². The molecule has 0 atom stereocenters. The van der Waals surface area contributed by atoms with Crippen LogP contribution in [0, 0.1) is 0 Å². The predicted octanol–water partition coefficient (Wildman–Crippen LogP) is 2.53. The van der Waals surface area contributed by atoms with Gasteiger partial charge in [-0.25, -0.2) is 13.2 Å². The van der Waals surface area contributed by atoms with Crippen LogP contribution < -0.4 is 10.5 Å². The van der Waals surface area contributed by atoms with Crippen molar-refractivity contribution in [3.63, 3.8) is 0 Å². The third-order valence-corrected chi connectivity index (χ3v) is 5.51. The second-order valence-corrected chi connectivity index (χ2v) is 7.39. The Balaban J connectivity index is 2.38. The van der Waals surface area contributed by atoms with Crippen molar-refractivity contribution in [1.29, 1.82) is 0 Å². The zero-order valence-electron chi connectivity index (χ0n) is 13.2. The van der Waals surface area contributed by atoms with Gasteiger partial charge in [0.2, 0.25) is 0 Å². The van der Waals surface area contributed by atoms with Gasteiger partial charge in [0, 0.05) is 4.47 Å². The van der Waals surface area contributed by atoms with Crippen LogP contribution >= 0.6 is 15.9 Å². The van der Waals surface area contributed by atoms with Gasteiger partial charge < -0.3 is 10.5 Å². The number of rotatable bonds is 6. The summed E-state index contributed by atoms with van der Waals surface area (Å²) in [5, 5.41) is 0. The lowest BCUT2D eigenvalue weighted by atomic mass is 10.2. The van der Waals surface area contributed by atoms with E-state index in [1.165, 1.54) is 30.3 Å². The summed E-state index contributed by atoms with van der Waals surface area (Å²) in [7, 11) is -4.01. The summed E-state index contributed by atoms with van der Waals surface area (Å²) in [6.45, 7) is 1.88. The van der Waals surface area contributed by atoms with Gasteiger partial charge in [-0.15, -0.1) is 0 Å². The Morgan fingerprint density at radius 3 is 2.48 bits per heavy atom. The average molecular weight is 427 g/mol. The molecule has 0 saturated heterocycles. The Labute approximate surface area is 153 Å². The van der Waals surface area contributed by atoms with Gasteiger partial charge in [0.05, 0.1) is 23.4 Å². The minimum absolute atomic E-state index is 0.0466. The lowest BCUT2D eigenvalue weighted by Gasteiger charge is -2.12. The highest BCUT2D eigenvalue weighted by molar-refractivity contribution is 9.10. The SMILES string of the molecule is CCOC(=O)c1ccc(S(=O)(=O)Nc2ccccc2C(N)=O)c(Br)c1. The van der Waals surface area contributed by atoms with Crippen molar-refractivity contribution in [2.45, 2.75) is 11.8 Å². The highest BCUT2D eigenvalue weighted by atomic mass is 79.9. The van der Waals surface area contributed by atoms with Crippen molar-refractivity contribution in [3.05, 3.63) is 58.1 Å². The number of sulfonamides is 1. The van der Waals surface area contributed by atoms with Gasteiger partial charge in [0.1, 0.15) is 4.90 Å². The van der Waals surface area contributed by atoms with Gasteiger partial charge >= 0.3 is 5.97 Å². The molecule has 0 fully saturated rings. The monoisotopic (exact) mass is 426 g/mol. The van der Waals surface area contributed by atoms with E-state index in [9.17, 15) is 18.0 Å². The molecule has 0 radical (unpaired) electrons. The quantitative estimate of drug-likeness (QED) is 0.688. The zero-order chi connectivity index (χ0) is 18.6. The van der Waals surface area contributed by atoms with Crippen molar-refractivity contribution >= 4 is 43.5 Å². The van der Waals surface area contributed by atoms with E-state index < -0.39 is 21.9 Å². The molecular weight excluding hydrogens is 412 g/mol. The summed E-state index contributed by atoms with van der Waals surface area (Å²) >= 11 is 3.14. The number of carbonyl (C=O) groups is 2. The van der Waals surface area contributed by atoms with Gasteiger partial charge in [-0.1, -0.05) is 12.1 Å². The fraction of sp³-hybridized carbons (Fsp3) is 0.125. The Morgan fingerprint density at radius 1 is 1.20 bits per heavy atom. The minimum atomic E-state index is -4.01. The number of anilines is 1. The molecule has 0 unspecified atom stereocenters. The molecule has 3 N–H and O–H groups in total. The number of ether oxygens (including phenoxy) is 1. The lowest BCUT2D eigenvalue weighted by molar-refractivity contribution is 0.0526. The van der Waals surface area contributed by atoms with Gasteiger partial charge in [-0.3, -0.25) is 9.52 Å².